The van der Waals surface area contributed by atoms with E-state index in [2.05, 4.69) is 53.3 Å². The first-order valence-corrected chi connectivity index (χ1v) is 12.0. The summed E-state index contributed by atoms with van der Waals surface area (Å²) in [5, 5.41) is 8.72. The van der Waals surface area contributed by atoms with Crippen LogP contribution in [0.25, 0.3) is 22.2 Å². The van der Waals surface area contributed by atoms with Gasteiger partial charge in [-0.25, -0.2) is 0 Å². The summed E-state index contributed by atoms with van der Waals surface area (Å²) in [6.07, 6.45) is 3.29. The van der Waals surface area contributed by atoms with Gasteiger partial charge in [-0.1, -0.05) is 30.3 Å². The first kappa shape index (κ1) is 22.4. The number of likely N-dealkylation sites (tertiary alicyclic amines) is 1. The van der Waals surface area contributed by atoms with Crippen LogP contribution in [0, 0.1) is 6.92 Å². The lowest BCUT2D eigenvalue weighted by Gasteiger charge is -2.29. The van der Waals surface area contributed by atoms with Crippen molar-refractivity contribution in [3.05, 3.63) is 83.4 Å². The number of aryl methyl sites for hydroxylation is 1. The largest absolute Gasteiger partial charge is 0.490 e. The van der Waals surface area contributed by atoms with Crippen molar-refractivity contribution in [1.29, 1.82) is 0 Å². The first-order chi connectivity index (χ1) is 16.5. The predicted molar refractivity (Wildman–Crippen MR) is 136 cm³/mol. The van der Waals surface area contributed by atoms with E-state index in [1.54, 1.807) is 0 Å². The number of rotatable bonds is 7. The lowest BCUT2D eigenvalue weighted by molar-refractivity contribution is -0.117. The molecule has 0 saturated carbocycles. The van der Waals surface area contributed by atoms with Gasteiger partial charge in [0.25, 0.3) is 0 Å². The van der Waals surface area contributed by atoms with Crippen molar-refractivity contribution < 1.29 is 9.53 Å². The highest BCUT2D eigenvalue weighted by Crippen LogP contribution is 2.29. The minimum absolute atomic E-state index is 0.217. The van der Waals surface area contributed by atoms with Crippen molar-refractivity contribution in [2.45, 2.75) is 38.7 Å². The molecular formula is C29H31N3O2. The maximum Gasteiger partial charge on any atom is 0.141 e. The second-order valence-electron chi connectivity index (χ2n) is 9.42. The SMILES string of the molecule is Cc1ccccc1CC(=O)Cc1ccc2[nH]nc(-c3ccc(OC4CCN(C)CC4)cc3)c2c1. The number of nitrogens with zero attached hydrogens (tertiary/aromatic N) is 2. The lowest BCUT2D eigenvalue weighted by atomic mass is 9.98. The zero-order chi connectivity index (χ0) is 23.5. The fourth-order valence-corrected chi connectivity index (χ4v) is 4.69. The summed E-state index contributed by atoms with van der Waals surface area (Å²) in [6.45, 7) is 4.21. The van der Waals surface area contributed by atoms with E-state index in [4.69, 9.17) is 4.74 Å². The van der Waals surface area contributed by atoms with Gasteiger partial charge < -0.3 is 9.64 Å². The van der Waals surface area contributed by atoms with Gasteiger partial charge in [-0.05, 0) is 79.9 Å². The van der Waals surface area contributed by atoms with Gasteiger partial charge >= 0.3 is 0 Å². The number of Topliss-reactive ketones (excluding diaryl/α,β-unsaturated/α-hetero) is 1. The van der Waals surface area contributed by atoms with Crippen molar-refractivity contribution in [3.8, 4) is 17.0 Å². The van der Waals surface area contributed by atoms with E-state index in [-0.39, 0.29) is 11.9 Å². The average Bonchev–Trinajstić information content (AvgIpc) is 3.26. The predicted octanol–water partition coefficient (Wildman–Crippen LogP) is 5.37. The number of piperidine rings is 1. The Labute approximate surface area is 200 Å². The van der Waals surface area contributed by atoms with Crippen LogP contribution in [-0.4, -0.2) is 47.1 Å². The van der Waals surface area contributed by atoms with Crippen LogP contribution in [0.15, 0.2) is 66.7 Å². The second kappa shape index (κ2) is 9.82. The minimum atomic E-state index is 0.217. The Kier molecular flexibility index (Phi) is 6.45. The molecule has 0 aliphatic carbocycles. The van der Waals surface area contributed by atoms with Gasteiger partial charge in [0.1, 0.15) is 17.6 Å². The smallest absolute Gasteiger partial charge is 0.141 e. The first-order valence-electron chi connectivity index (χ1n) is 12.0. The van der Waals surface area contributed by atoms with Crippen molar-refractivity contribution in [1.82, 2.24) is 15.1 Å². The molecule has 3 aromatic carbocycles. The number of aromatic amines is 1. The van der Waals surface area contributed by atoms with Gasteiger partial charge in [0.2, 0.25) is 0 Å². The summed E-state index contributed by atoms with van der Waals surface area (Å²) in [5.74, 6) is 1.12. The number of aromatic nitrogens is 2. The molecule has 0 radical (unpaired) electrons. The molecule has 1 aliphatic rings. The molecule has 34 heavy (non-hydrogen) atoms. The van der Waals surface area contributed by atoms with E-state index in [0.717, 1.165) is 70.5 Å². The van der Waals surface area contributed by atoms with Gasteiger partial charge in [-0.2, -0.15) is 5.10 Å². The van der Waals surface area contributed by atoms with Crippen molar-refractivity contribution >= 4 is 16.7 Å². The fourth-order valence-electron chi connectivity index (χ4n) is 4.69. The van der Waals surface area contributed by atoms with Crippen molar-refractivity contribution in [3.63, 3.8) is 0 Å². The molecule has 5 rings (SSSR count). The molecule has 2 heterocycles. The summed E-state index contributed by atoms with van der Waals surface area (Å²) in [5.41, 5.74) is 6.17. The Bertz CT molecular complexity index is 1280. The van der Waals surface area contributed by atoms with E-state index in [9.17, 15) is 4.79 Å². The van der Waals surface area contributed by atoms with E-state index in [0.29, 0.717) is 12.8 Å². The molecule has 4 aromatic rings. The Hall–Kier alpha value is -3.44. The van der Waals surface area contributed by atoms with Gasteiger partial charge in [0.05, 0.1) is 11.2 Å². The number of carbonyl (C=O) groups is 1. The van der Waals surface area contributed by atoms with Crippen molar-refractivity contribution in [2.24, 2.45) is 0 Å². The number of hydrogen-bond acceptors (Lipinski definition) is 4. The molecule has 0 bridgehead atoms. The second-order valence-corrected chi connectivity index (χ2v) is 9.42. The number of H-pyrrole nitrogens is 1. The van der Waals surface area contributed by atoms with Crippen LogP contribution in [-0.2, 0) is 17.6 Å². The number of carbonyl (C=O) groups excluding carboxylic acids is 1. The minimum Gasteiger partial charge on any atom is -0.490 e. The summed E-state index contributed by atoms with van der Waals surface area (Å²) < 4.78 is 6.19. The topological polar surface area (TPSA) is 58.2 Å². The van der Waals surface area contributed by atoms with Crippen molar-refractivity contribution in [2.75, 3.05) is 20.1 Å². The van der Waals surface area contributed by atoms with Crippen LogP contribution in [0.3, 0.4) is 0 Å². The third-order valence-electron chi connectivity index (χ3n) is 6.77. The Balaban J connectivity index is 1.30. The number of fused-ring (bicyclic) bond motifs is 1. The molecule has 1 aromatic heterocycles. The lowest BCUT2D eigenvalue weighted by Crippen LogP contribution is -2.35. The average molecular weight is 454 g/mol. The summed E-state index contributed by atoms with van der Waals surface area (Å²) in [7, 11) is 2.16. The van der Waals surface area contributed by atoms with Crippen LogP contribution in [0.2, 0.25) is 0 Å². The number of ether oxygens (including phenoxy) is 1. The third-order valence-corrected chi connectivity index (χ3v) is 6.77. The molecule has 1 saturated heterocycles. The van der Waals surface area contributed by atoms with Crippen LogP contribution in [0.5, 0.6) is 5.75 Å². The Morgan fingerprint density at radius 3 is 2.56 bits per heavy atom. The van der Waals surface area contributed by atoms with Gasteiger partial charge in [0, 0.05) is 36.9 Å². The summed E-state index contributed by atoms with van der Waals surface area (Å²) >= 11 is 0. The fraction of sp³-hybridized carbons (Fsp3) is 0.310. The number of ketones is 1. The molecule has 0 amide bonds. The van der Waals surface area contributed by atoms with Crippen LogP contribution < -0.4 is 4.74 Å². The highest BCUT2D eigenvalue weighted by Gasteiger charge is 2.18. The van der Waals surface area contributed by atoms with E-state index < -0.39 is 0 Å². The zero-order valence-electron chi connectivity index (χ0n) is 19.9. The quantitative estimate of drug-likeness (QED) is 0.409. The van der Waals surface area contributed by atoms with Gasteiger partial charge in [-0.3, -0.25) is 9.89 Å². The van der Waals surface area contributed by atoms with Gasteiger partial charge in [-0.15, -0.1) is 0 Å². The van der Waals surface area contributed by atoms with Gasteiger partial charge in [0.15, 0.2) is 0 Å². The van der Waals surface area contributed by atoms with Crippen LogP contribution in [0.4, 0.5) is 0 Å². The Morgan fingerprint density at radius 1 is 1.03 bits per heavy atom. The molecule has 0 unspecified atom stereocenters. The van der Waals surface area contributed by atoms with Crippen LogP contribution in [0.1, 0.15) is 29.5 Å². The standard InChI is InChI=1S/C29H31N3O2/c1-20-5-3-4-6-23(20)19-24(33)17-21-7-12-28-27(18-21)29(31-30-28)22-8-10-25(11-9-22)34-26-13-15-32(2)16-14-26/h3-12,18,26H,13-17,19H2,1-2H3,(H,30,31). The van der Waals surface area contributed by atoms with Crippen LogP contribution >= 0.6 is 0 Å². The van der Waals surface area contributed by atoms with E-state index in [1.165, 1.54) is 0 Å². The number of hydrogen-bond donors (Lipinski definition) is 1. The molecule has 5 nitrogen and oxygen atoms in total. The van der Waals surface area contributed by atoms with E-state index in [1.807, 2.05) is 42.5 Å². The monoisotopic (exact) mass is 453 g/mol. The molecule has 1 fully saturated rings. The summed E-state index contributed by atoms with van der Waals surface area (Å²) in [6, 6.07) is 22.4. The zero-order valence-corrected chi connectivity index (χ0v) is 19.9. The molecule has 1 aliphatic heterocycles. The number of benzene rings is 3. The highest BCUT2D eigenvalue weighted by molar-refractivity contribution is 5.94. The highest BCUT2D eigenvalue weighted by atomic mass is 16.5. The number of nitrogens with one attached hydrogen (secondary N) is 1. The van der Waals surface area contributed by atoms with E-state index >= 15 is 0 Å². The maximum atomic E-state index is 12.7. The molecule has 0 spiro atoms. The molecule has 1 N–H and O–H groups in total. The summed E-state index contributed by atoms with van der Waals surface area (Å²) in [4.78, 5) is 15.1. The maximum absolute atomic E-state index is 12.7. The normalized spacial score (nSPS) is 15.0. The molecular weight excluding hydrogens is 422 g/mol. The molecule has 174 valence electrons. The Morgan fingerprint density at radius 2 is 1.79 bits per heavy atom. The molecule has 5 heteroatoms. The molecule has 0 atom stereocenters. The third kappa shape index (κ3) is 5.05.